The Kier molecular flexibility index (Phi) is 4.70. The molecule has 0 unspecified atom stereocenters. The lowest BCUT2D eigenvalue weighted by Crippen LogP contribution is -2.23. The van der Waals surface area contributed by atoms with Gasteiger partial charge in [0.1, 0.15) is 6.61 Å². The van der Waals surface area contributed by atoms with Gasteiger partial charge in [-0.05, 0) is 48.4 Å². The van der Waals surface area contributed by atoms with Crippen LogP contribution >= 0.6 is 0 Å². The number of aromatic nitrogens is 2. The van der Waals surface area contributed by atoms with Crippen molar-refractivity contribution in [3.8, 4) is 5.69 Å². The second-order valence-corrected chi connectivity index (χ2v) is 6.39. The first-order valence-electron chi connectivity index (χ1n) is 8.87. The molecule has 0 spiro atoms. The van der Waals surface area contributed by atoms with Crippen LogP contribution in [0.1, 0.15) is 28.8 Å². The highest BCUT2D eigenvalue weighted by molar-refractivity contribution is 5.97. The van der Waals surface area contributed by atoms with Crippen LogP contribution in [-0.2, 0) is 16.1 Å². The van der Waals surface area contributed by atoms with Crippen LogP contribution in [0.3, 0.4) is 0 Å². The number of amides is 1. The Balaban J connectivity index is 1.40. The van der Waals surface area contributed by atoms with Crippen molar-refractivity contribution in [2.45, 2.75) is 19.4 Å². The quantitative estimate of drug-likeness (QED) is 0.654. The maximum absolute atomic E-state index is 12.4. The molecule has 27 heavy (non-hydrogen) atoms. The number of nitrogens with zero attached hydrogens (tertiary/aromatic N) is 3. The van der Waals surface area contributed by atoms with Crippen molar-refractivity contribution >= 4 is 17.6 Å². The molecule has 3 aromatic rings. The summed E-state index contributed by atoms with van der Waals surface area (Å²) in [6, 6.07) is 16.6. The molecule has 0 N–H and O–H groups in total. The van der Waals surface area contributed by atoms with Gasteiger partial charge in [-0.3, -0.25) is 4.79 Å². The molecule has 1 saturated heterocycles. The smallest absolute Gasteiger partial charge is 0.338 e. The van der Waals surface area contributed by atoms with E-state index in [4.69, 9.17) is 4.74 Å². The number of carbonyl (C=O) groups is 2. The lowest BCUT2D eigenvalue weighted by molar-refractivity contribution is -0.117. The summed E-state index contributed by atoms with van der Waals surface area (Å²) in [7, 11) is 0. The van der Waals surface area contributed by atoms with Crippen molar-refractivity contribution in [1.29, 1.82) is 0 Å². The average Bonchev–Trinajstić information content (AvgIpc) is 3.38. The monoisotopic (exact) mass is 361 g/mol. The number of benzene rings is 2. The first-order valence-corrected chi connectivity index (χ1v) is 8.87. The van der Waals surface area contributed by atoms with E-state index in [-0.39, 0.29) is 12.5 Å². The Morgan fingerprint density at radius 1 is 1.07 bits per heavy atom. The fraction of sp³-hybridized carbons (Fsp3) is 0.190. The topological polar surface area (TPSA) is 64.4 Å². The Morgan fingerprint density at radius 2 is 1.93 bits per heavy atom. The first-order chi connectivity index (χ1) is 13.2. The molecule has 0 saturated carbocycles. The molecule has 6 nitrogen and oxygen atoms in total. The van der Waals surface area contributed by atoms with Crippen molar-refractivity contribution < 1.29 is 14.3 Å². The van der Waals surface area contributed by atoms with Crippen LogP contribution < -0.4 is 4.90 Å². The lowest BCUT2D eigenvalue weighted by atomic mass is 10.2. The van der Waals surface area contributed by atoms with Crippen LogP contribution in [0.5, 0.6) is 0 Å². The minimum Gasteiger partial charge on any atom is -0.457 e. The molecule has 1 aromatic heterocycles. The second-order valence-electron chi connectivity index (χ2n) is 6.39. The molecule has 0 radical (unpaired) electrons. The third-order valence-corrected chi connectivity index (χ3v) is 4.54. The molecular formula is C21H19N3O3. The van der Waals surface area contributed by atoms with Crippen LogP contribution in [0.15, 0.2) is 67.0 Å². The molecule has 0 bridgehead atoms. The molecule has 0 aliphatic carbocycles. The number of rotatable bonds is 5. The Morgan fingerprint density at radius 3 is 2.63 bits per heavy atom. The number of esters is 1. The molecule has 6 heteroatoms. The molecule has 0 atom stereocenters. The van der Waals surface area contributed by atoms with Gasteiger partial charge in [-0.2, -0.15) is 5.10 Å². The van der Waals surface area contributed by atoms with E-state index in [0.29, 0.717) is 18.5 Å². The van der Waals surface area contributed by atoms with Crippen LogP contribution in [0.2, 0.25) is 0 Å². The molecule has 136 valence electrons. The molecule has 2 aromatic carbocycles. The summed E-state index contributed by atoms with van der Waals surface area (Å²) in [5.41, 5.74) is 3.03. The standard InChI is InChI=1S/C21H19N3O3/c25-20-6-2-12-23(20)19-5-1-4-17(14-19)21(26)27-15-16-7-9-18(10-8-16)24-13-3-11-22-24/h1,3-5,7-11,13-14H,2,6,12,15H2. The summed E-state index contributed by atoms with van der Waals surface area (Å²) >= 11 is 0. The van der Waals surface area contributed by atoms with Gasteiger partial charge in [0.15, 0.2) is 0 Å². The van der Waals surface area contributed by atoms with Crippen LogP contribution in [-0.4, -0.2) is 28.2 Å². The summed E-state index contributed by atoms with van der Waals surface area (Å²) in [4.78, 5) is 26.0. The molecule has 1 fully saturated rings. The number of hydrogen-bond donors (Lipinski definition) is 0. The van der Waals surface area contributed by atoms with Crippen molar-refractivity contribution in [3.05, 3.63) is 78.1 Å². The molecule has 1 amide bonds. The first kappa shape index (κ1) is 17.0. The zero-order valence-electron chi connectivity index (χ0n) is 14.7. The molecular weight excluding hydrogens is 342 g/mol. The number of ether oxygens (including phenoxy) is 1. The van der Waals surface area contributed by atoms with E-state index in [9.17, 15) is 9.59 Å². The molecule has 1 aliphatic rings. The van der Waals surface area contributed by atoms with E-state index in [1.54, 1.807) is 34.0 Å². The van der Waals surface area contributed by atoms with Crippen molar-refractivity contribution in [1.82, 2.24) is 9.78 Å². The zero-order chi connectivity index (χ0) is 18.6. The van der Waals surface area contributed by atoms with E-state index < -0.39 is 5.97 Å². The summed E-state index contributed by atoms with van der Waals surface area (Å²) in [6.45, 7) is 0.880. The van der Waals surface area contributed by atoms with Gasteiger partial charge in [0.25, 0.3) is 0 Å². The third kappa shape index (κ3) is 3.74. The summed E-state index contributed by atoms with van der Waals surface area (Å²) in [6.07, 6.45) is 5.00. The van der Waals surface area contributed by atoms with Crippen molar-refractivity contribution in [2.24, 2.45) is 0 Å². The minimum atomic E-state index is -0.403. The second kappa shape index (κ2) is 7.45. The van der Waals surface area contributed by atoms with E-state index in [2.05, 4.69) is 5.10 Å². The highest BCUT2D eigenvalue weighted by Crippen LogP contribution is 2.22. The summed E-state index contributed by atoms with van der Waals surface area (Å²) < 4.78 is 7.19. The predicted octanol–water partition coefficient (Wildman–Crippen LogP) is 3.36. The highest BCUT2D eigenvalue weighted by Gasteiger charge is 2.22. The number of carbonyl (C=O) groups excluding carboxylic acids is 2. The Labute approximate surface area is 157 Å². The van der Waals surface area contributed by atoms with E-state index >= 15 is 0 Å². The lowest BCUT2D eigenvalue weighted by Gasteiger charge is -2.16. The SMILES string of the molecule is O=C(OCc1ccc(-n2cccn2)cc1)c1cccc(N2CCCC2=O)c1. The van der Waals surface area contributed by atoms with Crippen LogP contribution in [0, 0.1) is 0 Å². The van der Waals surface area contributed by atoms with Gasteiger partial charge in [-0.25, -0.2) is 9.48 Å². The fourth-order valence-electron chi connectivity index (χ4n) is 3.12. The highest BCUT2D eigenvalue weighted by atomic mass is 16.5. The van der Waals surface area contributed by atoms with Gasteiger partial charge in [0.05, 0.1) is 11.3 Å². The van der Waals surface area contributed by atoms with Gasteiger partial charge in [-0.1, -0.05) is 18.2 Å². The van der Waals surface area contributed by atoms with Gasteiger partial charge in [-0.15, -0.1) is 0 Å². The van der Waals surface area contributed by atoms with Crippen LogP contribution in [0.25, 0.3) is 5.69 Å². The Bertz CT molecular complexity index is 949. The summed E-state index contributed by atoms with van der Waals surface area (Å²) in [5.74, 6) is -0.308. The maximum Gasteiger partial charge on any atom is 0.338 e. The average molecular weight is 361 g/mol. The van der Waals surface area contributed by atoms with E-state index in [1.807, 2.05) is 42.6 Å². The van der Waals surface area contributed by atoms with Gasteiger partial charge >= 0.3 is 5.97 Å². The number of hydrogen-bond acceptors (Lipinski definition) is 4. The van der Waals surface area contributed by atoms with E-state index in [0.717, 1.165) is 23.4 Å². The van der Waals surface area contributed by atoms with Crippen molar-refractivity contribution in [3.63, 3.8) is 0 Å². The van der Waals surface area contributed by atoms with Crippen molar-refractivity contribution in [2.75, 3.05) is 11.4 Å². The van der Waals surface area contributed by atoms with Gasteiger partial charge in [0, 0.05) is 31.0 Å². The summed E-state index contributed by atoms with van der Waals surface area (Å²) in [5, 5.41) is 4.18. The normalized spacial score (nSPS) is 13.8. The fourth-order valence-corrected chi connectivity index (χ4v) is 3.12. The predicted molar refractivity (Wildman–Crippen MR) is 101 cm³/mol. The third-order valence-electron chi connectivity index (χ3n) is 4.54. The van der Waals surface area contributed by atoms with Gasteiger partial charge < -0.3 is 9.64 Å². The molecule has 2 heterocycles. The van der Waals surface area contributed by atoms with E-state index in [1.165, 1.54) is 0 Å². The maximum atomic E-state index is 12.4. The zero-order valence-corrected chi connectivity index (χ0v) is 14.7. The van der Waals surface area contributed by atoms with Gasteiger partial charge in [0.2, 0.25) is 5.91 Å². The van der Waals surface area contributed by atoms with Crippen LogP contribution in [0.4, 0.5) is 5.69 Å². The molecule has 1 aliphatic heterocycles. The Hall–Kier alpha value is -3.41. The molecule has 4 rings (SSSR count). The minimum absolute atomic E-state index is 0.0952. The largest absolute Gasteiger partial charge is 0.457 e. The number of anilines is 1.